The van der Waals surface area contributed by atoms with Crippen LogP contribution in [0.5, 0.6) is 5.75 Å². The van der Waals surface area contributed by atoms with Crippen molar-refractivity contribution in [2.75, 3.05) is 24.7 Å². The van der Waals surface area contributed by atoms with Gasteiger partial charge in [-0.3, -0.25) is 0 Å². The van der Waals surface area contributed by atoms with Gasteiger partial charge in [0.05, 0.1) is 18.1 Å². The molecule has 1 fully saturated rings. The topological polar surface area (TPSA) is 55.4 Å². The van der Waals surface area contributed by atoms with Gasteiger partial charge in [0, 0.05) is 18.0 Å². The van der Waals surface area contributed by atoms with Crippen LogP contribution in [0.15, 0.2) is 18.2 Å². The molecular formula is C15H21NO3S. The first kappa shape index (κ1) is 13.9. The van der Waals surface area contributed by atoms with Gasteiger partial charge in [-0.15, -0.1) is 0 Å². The Labute approximate surface area is 120 Å². The average Bonchev–Trinajstić information content (AvgIpc) is 3.01. The standard InChI is InChI=1S/C15H21NO3S/c1-2-16-14(12-7-9-20(17,18)10-12)13-5-3-4-11-6-8-19-15(11)13/h3-5,12,14,16H,2,6-10H2,1H3. The number of para-hydroxylation sites is 1. The van der Waals surface area contributed by atoms with E-state index in [-0.39, 0.29) is 17.7 Å². The van der Waals surface area contributed by atoms with Crippen LogP contribution in [0.2, 0.25) is 0 Å². The Hall–Kier alpha value is -1.07. The molecule has 0 aromatic heterocycles. The van der Waals surface area contributed by atoms with E-state index in [0.29, 0.717) is 5.75 Å². The molecule has 1 N–H and O–H groups in total. The molecule has 1 aromatic rings. The Morgan fingerprint density at radius 3 is 3.00 bits per heavy atom. The molecule has 4 nitrogen and oxygen atoms in total. The largest absolute Gasteiger partial charge is 0.493 e. The molecular weight excluding hydrogens is 274 g/mol. The predicted octanol–water partition coefficient (Wildman–Crippen LogP) is 1.71. The maximum Gasteiger partial charge on any atom is 0.150 e. The zero-order valence-corrected chi connectivity index (χ0v) is 12.6. The van der Waals surface area contributed by atoms with E-state index in [9.17, 15) is 8.42 Å². The van der Waals surface area contributed by atoms with Crippen LogP contribution in [-0.2, 0) is 16.3 Å². The number of hydrogen-bond donors (Lipinski definition) is 1. The highest BCUT2D eigenvalue weighted by atomic mass is 32.2. The minimum absolute atomic E-state index is 0.0744. The second kappa shape index (κ2) is 5.37. The number of sulfone groups is 1. The molecule has 0 bridgehead atoms. The van der Waals surface area contributed by atoms with Gasteiger partial charge in [0.25, 0.3) is 0 Å². The second-order valence-corrected chi connectivity index (χ2v) is 7.86. The van der Waals surface area contributed by atoms with Crippen molar-refractivity contribution in [3.63, 3.8) is 0 Å². The molecule has 0 saturated carbocycles. The fourth-order valence-corrected chi connectivity index (χ4v) is 5.16. The van der Waals surface area contributed by atoms with Crippen molar-refractivity contribution < 1.29 is 13.2 Å². The highest BCUT2D eigenvalue weighted by Gasteiger charge is 2.36. The van der Waals surface area contributed by atoms with Crippen molar-refractivity contribution in [1.82, 2.24) is 5.32 Å². The molecule has 2 unspecified atom stereocenters. The molecule has 110 valence electrons. The third kappa shape index (κ3) is 2.56. The molecule has 5 heteroatoms. The van der Waals surface area contributed by atoms with Crippen LogP contribution in [-0.4, -0.2) is 33.1 Å². The number of hydrogen-bond acceptors (Lipinski definition) is 4. The third-order valence-electron chi connectivity index (χ3n) is 4.24. The van der Waals surface area contributed by atoms with Crippen LogP contribution in [0.1, 0.15) is 30.5 Å². The highest BCUT2D eigenvalue weighted by Crippen LogP contribution is 2.39. The summed E-state index contributed by atoms with van der Waals surface area (Å²) >= 11 is 0. The maximum absolute atomic E-state index is 11.8. The number of ether oxygens (including phenoxy) is 1. The summed E-state index contributed by atoms with van der Waals surface area (Å²) in [6, 6.07) is 6.30. The molecule has 1 aromatic carbocycles. The van der Waals surface area contributed by atoms with Gasteiger partial charge in [-0.05, 0) is 24.4 Å². The van der Waals surface area contributed by atoms with Crippen molar-refractivity contribution in [3.05, 3.63) is 29.3 Å². The molecule has 0 aliphatic carbocycles. The van der Waals surface area contributed by atoms with E-state index in [1.807, 2.05) is 0 Å². The first-order chi connectivity index (χ1) is 9.61. The van der Waals surface area contributed by atoms with Gasteiger partial charge in [-0.1, -0.05) is 25.1 Å². The van der Waals surface area contributed by atoms with E-state index < -0.39 is 9.84 Å². The zero-order valence-electron chi connectivity index (χ0n) is 11.8. The molecule has 2 heterocycles. The van der Waals surface area contributed by atoms with Crippen LogP contribution in [0.4, 0.5) is 0 Å². The van der Waals surface area contributed by atoms with Crippen LogP contribution in [0.25, 0.3) is 0 Å². The first-order valence-electron chi connectivity index (χ1n) is 7.29. The molecule has 2 aliphatic heterocycles. The molecule has 0 amide bonds. The molecule has 2 atom stereocenters. The lowest BCUT2D eigenvalue weighted by atomic mass is 9.90. The Morgan fingerprint density at radius 1 is 1.45 bits per heavy atom. The molecule has 2 aliphatic rings. The normalized spacial score (nSPS) is 25.1. The average molecular weight is 295 g/mol. The maximum atomic E-state index is 11.8. The van der Waals surface area contributed by atoms with E-state index in [1.54, 1.807) is 0 Å². The minimum atomic E-state index is -2.86. The van der Waals surface area contributed by atoms with Crippen LogP contribution in [0, 0.1) is 5.92 Å². The van der Waals surface area contributed by atoms with Crippen LogP contribution in [0.3, 0.4) is 0 Å². The van der Waals surface area contributed by atoms with Crippen molar-refractivity contribution >= 4 is 9.84 Å². The van der Waals surface area contributed by atoms with E-state index in [0.717, 1.165) is 37.3 Å². The van der Waals surface area contributed by atoms with Gasteiger partial charge >= 0.3 is 0 Å². The van der Waals surface area contributed by atoms with Gasteiger partial charge in [-0.2, -0.15) is 0 Å². The SMILES string of the molecule is CCNC(c1cccc2c1OCC2)C1CCS(=O)(=O)C1. The molecule has 0 spiro atoms. The van der Waals surface area contributed by atoms with Crippen LogP contribution >= 0.6 is 0 Å². The van der Waals surface area contributed by atoms with E-state index in [1.165, 1.54) is 5.56 Å². The smallest absolute Gasteiger partial charge is 0.150 e. The summed E-state index contributed by atoms with van der Waals surface area (Å²) in [6.45, 7) is 3.61. The van der Waals surface area contributed by atoms with Gasteiger partial charge in [0.2, 0.25) is 0 Å². The summed E-state index contributed by atoms with van der Waals surface area (Å²) in [6.07, 6.45) is 1.69. The van der Waals surface area contributed by atoms with Crippen molar-refractivity contribution in [2.24, 2.45) is 5.92 Å². The Bertz CT molecular complexity index is 597. The lowest BCUT2D eigenvalue weighted by Gasteiger charge is -2.25. The van der Waals surface area contributed by atoms with Crippen molar-refractivity contribution in [3.8, 4) is 5.75 Å². The number of nitrogens with one attached hydrogen (secondary N) is 1. The molecule has 20 heavy (non-hydrogen) atoms. The minimum Gasteiger partial charge on any atom is -0.493 e. The van der Waals surface area contributed by atoms with E-state index in [2.05, 4.69) is 30.4 Å². The Kier molecular flexibility index (Phi) is 3.73. The van der Waals surface area contributed by atoms with Gasteiger partial charge < -0.3 is 10.1 Å². The number of rotatable bonds is 4. The summed E-state index contributed by atoms with van der Waals surface area (Å²) in [7, 11) is -2.86. The summed E-state index contributed by atoms with van der Waals surface area (Å²) in [4.78, 5) is 0. The Balaban J connectivity index is 1.94. The lowest BCUT2D eigenvalue weighted by Crippen LogP contribution is -2.29. The molecule has 3 rings (SSSR count). The zero-order chi connectivity index (χ0) is 14.2. The number of fused-ring (bicyclic) bond motifs is 1. The molecule has 1 saturated heterocycles. The highest BCUT2D eigenvalue weighted by molar-refractivity contribution is 7.91. The van der Waals surface area contributed by atoms with Crippen LogP contribution < -0.4 is 10.1 Å². The van der Waals surface area contributed by atoms with Gasteiger partial charge in [0.1, 0.15) is 5.75 Å². The summed E-state index contributed by atoms with van der Waals surface area (Å²) in [5.41, 5.74) is 2.37. The fourth-order valence-electron chi connectivity index (χ4n) is 3.32. The second-order valence-electron chi connectivity index (χ2n) is 5.63. The fraction of sp³-hybridized carbons (Fsp3) is 0.600. The van der Waals surface area contributed by atoms with Gasteiger partial charge in [0.15, 0.2) is 9.84 Å². The third-order valence-corrected chi connectivity index (χ3v) is 6.04. The lowest BCUT2D eigenvalue weighted by molar-refractivity contribution is 0.335. The summed E-state index contributed by atoms with van der Waals surface area (Å²) in [5.74, 6) is 1.72. The predicted molar refractivity (Wildman–Crippen MR) is 78.8 cm³/mol. The van der Waals surface area contributed by atoms with Gasteiger partial charge in [-0.25, -0.2) is 8.42 Å². The summed E-state index contributed by atoms with van der Waals surface area (Å²) < 4.78 is 29.3. The summed E-state index contributed by atoms with van der Waals surface area (Å²) in [5, 5.41) is 3.46. The quantitative estimate of drug-likeness (QED) is 0.919. The monoisotopic (exact) mass is 295 g/mol. The molecule has 0 radical (unpaired) electrons. The van der Waals surface area contributed by atoms with Crippen molar-refractivity contribution in [1.29, 1.82) is 0 Å². The van der Waals surface area contributed by atoms with Crippen molar-refractivity contribution in [2.45, 2.75) is 25.8 Å². The number of benzene rings is 1. The Morgan fingerprint density at radius 2 is 2.30 bits per heavy atom. The van der Waals surface area contributed by atoms with E-state index >= 15 is 0 Å². The first-order valence-corrected chi connectivity index (χ1v) is 9.11. The van der Waals surface area contributed by atoms with E-state index in [4.69, 9.17) is 4.74 Å².